The topological polar surface area (TPSA) is 115 Å². The Bertz CT molecular complexity index is 1770. The van der Waals surface area contributed by atoms with Gasteiger partial charge in [-0.15, -0.1) is 0 Å². The Morgan fingerprint density at radius 3 is 2.42 bits per heavy atom. The zero-order valence-corrected chi connectivity index (χ0v) is 26.4. The summed E-state index contributed by atoms with van der Waals surface area (Å²) in [5.41, 5.74) is 2.85. The van der Waals surface area contributed by atoms with Gasteiger partial charge in [-0.2, -0.15) is 0 Å². The van der Waals surface area contributed by atoms with Gasteiger partial charge in [0.1, 0.15) is 23.8 Å². The van der Waals surface area contributed by atoms with Gasteiger partial charge in [-0.25, -0.2) is 17.6 Å². The molecular weight excluding hydrogens is 599 g/mol. The number of fused-ring (bicyclic) bond motifs is 1. The molecule has 0 bridgehead atoms. The maximum absolute atomic E-state index is 13.7. The lowest BCUT2D eigenvalue weighted by atomic mass is 10.0. The number of hydrogen-bond donors (Lipinski definition) is 1. The van der Waals surface area contributed by atoms with Crippen molar-refractivity contribution in [3.05, 3.63) is 89.2 Å². The van der Waals surface area contributed by atoms with E-state index in [1.165, 1.54) is 35.6 Å². The van der Waals surface area contributed by atoms with E-state index in [1.807, 2.05) is 19.1 Å². The van der Waals surface area contributed by atoms with E-state index in [2.05, 4.69) is 5.32 Å². The number of amides is 1. The van der Waals surface area contributed by atoms with Gasteiger partial charge >= 0.3 is 5.97 Å². The molecule has 1 fully saturated rings. The molecule has 1 aliphatic rings. The molecule has 0 aliphatic heterocycles. The van der Waals surface area contributed by atoms with Crippen molar-refractivity contribution in [2.24, 2.45) is 0 Å². The summed E-state index contributed by atoms with van der Waals surface area (Å²) in [7, 11) is -2.24. The summed E-state index contributed by atoms with van der Waals surface area (Å²) in [6.07, 6.45) is 3.91. The van der Waals surface area contributed by atoms with Crippen LogP contribution in [0.15, 0.2) is 71.1 Å². The molecule has 238 valence electrons. The van der Waals surface area contributed by atoms with Crippen LogP contribution in [0, 0.1) is 5.82 Å². The normalized spacial score (nSPS) is 13.9. The van der Waals surface area contributed by atoms with E-state index in [4.69, 9.17) is 13.9 Å². The molecule has 4 aromatic rings. The molecule has 0 saturated heterocycles. The lowest BCUT2D eigenvalue weighted by molar-refractivity contribution is -0.00902. The van der Waals surface area contributed by atoms with Crippen LogP contribution in [0.4, 0.5) is 10.1 Å². The van der Waals surface area contributed by atoms with Crippen molar-refractivity contribution in [2.75, 3.05) is 37.4 Å². The van der Waals surface area contributed by atoms with Gasteiger partial charge in [0.05, 0.1) is 42.3 Å². The molecule has 1 saturated carbocycles. The minimum Gasteiger partial charge on any atom is -0.459 e. The van der Waals surface area contributed by atoms with E-state index >= 15 is 0 Å². The number of rotatable bonds is 14. The fraction of sp³-hybridized carbons (Fsp3) is 0.353. The van der Waals surface area contributed by atoms with E-state index in [1.54, 1.807) is 30.3 Å². The van der Waals surface area contributed by atoms with Crippen LogP contribution in [-0.2, 0) is 19.5 Å². The summed E-state index contributed by atoms with van der Waals surface area (Å²) in [5, 5.41) is 3.20. The van der Waals surface area contributed by atoms with E-state index in [-0.39, 0.29) is 37.3 Å². The summed E-state index contributed by atoms with van der Waals surface area (Å²) in [4.78, 5) is 25.5. The second-order valence-corrected chi connectivity index (χ2v) is 13.1. The number of nitrogens with one attached hydrogen (secondary N) is 1. The minimum atomic E-state index is -3.76. The predicted octanol–water partition coefficient (Wildman–Crippen LogP) is 6.28. The molecule has 3 aromatic carbocycles. The number of esters is 1. The smallest absolute Gasteiger partial charge is 0.338 e. The lowest BCUT2D eigenvalue weighted by Gasteiger charge is -2.26. The Kier molecular flexibility index (Phi) is 9.89. The number of halogens is 1. The highest BCUT2D eigenvalue weighted by Crippen LogP contribution is 2.48. The van der Waals surface area contributed by atoms with Crippen molar-refractivity contribution in [3.8, 4) is 11.3 Å². The minimum absolute atomic E-state index is 0.0186. The van der Waals surface area contributed by atoms with Gasteiger partial charge in [0.2, 0.25) is 10.0 Å². The van der Waals surface area contributed by atoms with Crippen molar-refractivity contribution in [1.29, 1.82) is 0 Å². The average Bonchev–Trinajstić information content (AvgIpc) is 3.81. The van der Waals surface area contributed by atoms with Crippen LogP contribution >= 0.6 is 0 Å². The fourth-order valence-corrected chi connectivity index (χ4v) is 6.29. The quantitative estimate of drug-likeness (QED) is 0.162. The molecule has 1 heterocycles. The zero-order valence-electron chi connectivity index (χ0n) is 25.5. The first kappa shape index (κ1) is 32.2. The Balaban J connectivity index is 1.43. The number of furan rings is 1. The highest BCUT2D eigenvalue weighted by atomic mass is 32.2. The van der Waals surface area contributed by atoms with E-state index in [9.17, 15) is 22.4 Å². The van der Waals surface area contributed by atoms with Crippen LogP contribution in [0.2, 0.25) is 0 Å². The van der Waals surface area contributed by atoms with E-state index < -0.39 is 27.9 Å². The zero-order chi connectivity index (χ0) is 32.1. The summed E-state index contributed by atoms with van der Waals surface area (Å²) >= 11 is 0. The largest absolute Gasteiger partial charge is 0.459 e. The molecule has 1 aromatic heterocycles. The average molecular weight is 637 g/mol. The van der Waals surface area contributed by atoms with Crippen molar-refractivity contribution in [3.63, 3.8) is 0 Å². The monoisotopic (exact) mass is 636 g/mol. The van der Waals surface area contributed by atoms with Gasteiger partial charge < -0.3 is 19.2 Å². The van der Waals surface area contributed by atoms with Crippen LogP contribution in [0.5, 0.6) is 0 Å². The van der Waals surface area contributed by atoms with Crippen molar-refractivity contribution >= 4 is 38.6 Å². The molecule has 1 amide bonds. The molecule has 0 spiro atoms. The number of anilines is 1. The number of carbonyl (C=O) groups excluding carboxylic acids is 2. The highest BCUT2D eigenvalue weighted by Gasteiger charge is 2.33. The molecule has 9 nitrogen and oxygen atoms in total. The number of nitrogens with zero attached hydrogens (tertiary/aromatic N) is 1. The summed E-state index contributed by atoms with van der Waals surface area (Å²) in [5.74, 6) is -0.844. The van der Waals surface area contributed by atoms with Crippen LogP contribution < -0.4 is 9.62 Å². The molecule has 1 unspecified atom stereocenters. The Morgan fingerprint density at radius 1 is 1.09 bits per heavy atom. The van der Waals surface area contributed by atoms with Gasteiger partial charge in [-0.3, -0.25) is 9.10 Å². The Labute approximate surface area is 262 Å². The maximum atomic E-state index is 13.7. The SMILES string of the molecule is CCCC(COC(=O)c1ccccc1)OCCN(c1cc2oc(-c3ccc(F)cc3)c(C(=O)NC)c2cc1C1CC1)S(C)(=O)=O. The third kappa shape index (κ3) is 7.54. The second-order valence-electron chi connectivity index (χ2n) is 11.2. The molecule has 0 radical (unpaired) electrons. The van der Waals surface area contributed by atoms with Crippen LogP contribution in [0.25, 0.3) is 22.3 Å². The number of benzene rings is 3. The summed E-state index contributed by atoms with van der Waals surface area (Å²) in [6, 6.07) is 17.8. The molecule has 5 rings (SSSR count). The molecule has 1 N–H and O–H groups in total. The Morgan fingerprint density at radius 2 is 1.80 bits per heavy atom. The standard InChI is InChI=1S/C34H37FN2O7S/c1-4-8-26(21-43-34(39)24-9-6-5-7-10-24)42-18-17-37(45(3,40)41)29-20-30-28(19-27(29)22-11-12-22)31(33(38)36-2)32(44-30)23-13-15-25(35)16-14-23/h5-7,9-10,13-16,19-20,22,26H,4,8,11-12,17-18,21H2,1-3H3,(H,36,38). The number of ether oxygens (including phenoxy) is 2. The van der Waals surface area contributed by atoms with Gasteiger partial charge in [-0.1, -0.05) is 31.5 Å². The summed E-state index contributed by atoms with van der Waals surface area (Å²) in [6.45, 7) is 2.11. The first-order chi connectivity index (χ1) is 21.6. The summed E-state index contributed by atoms with van der Waals surface area (Å²) < 4.78 is 59.1. The lowest BCUT2D eigenvalue weighted by Crippen LogP contribution is -2.35. The second kappa shape index (κ2) is 13.8. The number of hydrogen-bond acceptors (Lipinski definition) is 7. The van der Waals surface area contributed by atoms with Crippen molar-refractivity contribution in [1.82, 2.24) is 5.32 Å². The van der Waals surface area contributed by atoms with Gasteiger partial charge in [0, 0.05) is 24.1 Å². The van der Waals surface area contributed by atoms with Crippen LogP contribution in [-0.4, -0.2) is 59.5 Å². The highest BCUT2D eigenvalue weighted by molar-refractivity contribution is 7.92. The van der Waals surface area contributed by atoms with Crippen molar-refractivity contribution in [2.45, 2.75) is 44.6 Å². The third-order valence-electron chi connectivity index (χ3n) is 7.75. The predicted molar refractivity (Wildman–Crippen MR) is 171 cm³/mol. The van der Waals surface area contributed by atoms with Crippen molar-refractivity contribution < 1.29 is 36.3 Å². The molecular formula is C34H37FN2O7S. The maximum Gasteiger partial charge on any atom is 0.338 e. The third-order valence-corrected chi connectivity index (χ3v) is 8.93. The van der Waals surface area contributed by atoms with Crippen LogP contribution in [0.3, 0.4) is 0 Å². The van der Waals surface area contributed by atoms with E-state index in [0.29, 0.717) is 39.8 Å². The molecule has 45 heavy (non-hydrogen) atoms. The van der Waals surface area contributed by atoms with E-state index in [0.717, 1.165) is 31.1 Å². The van der Waals surface area contributed by atoms with Gasteiger partial charge in [0.25, 0.3) is 5.91 Å². The van der Waals surface area contributed by atoms with Gasteiger partial charge in [0.15, 0.2) is 0 Å². The Hall–Kier alpha value is -4.22. The van der Waals surface area contributed by atoms with Gasteiger partial charge in [-0.05, 0) is 73.2 Å². The number of carbonyl (C=O) groups is 2. The fourth-order valence-electron chi connectivity index (χ4n) is 5.37. The molecule has 1 aliphatic carbocycles. The number of sulfonamides is 1. The van der Waals surface area contributed by atoms with Crippen LogP contribution in [0.1, 0.15) is 64.8 Å². The molecule has 11 heteroatoms. The first-order valence-electron chi connectivity index (χ1n) is 15.0. The first-order valence-corrected chi connectivity index (χ1v) is 16.9. The molecule has 1 atom stereocenters.